The van der Waals surface area contributed by atoms with Crippen molar-refractivity contribution < 1.29 is 33.3 Å². The molecule has 0 radical (unpaired) electrons. The topological polar surface area (TPSA) is 134 Å². The molecule has 15 heteroatoms. The lowest BCUT2D eigenvalue weighted by molar-refractivity contribution is -0.445. The largest absolute Gasteiger partial charge is 0.383 e. The van der Waals surface area contributed by atoms with Gasteiger partial charge in [0.15, 0.2) is 11.4 Å². The lowest BCUT2D eigenvalue weighted by Crippen LogP contribution is -2.34. The van der Waals surface area contributed by atoms with E-state index < -0.39 is 21.7 Å². The number of Topliss-reactive ketones (excluding diaryl/α,β-unsaturated/α-hetero) is 1. The molecule has 0 bridgehead atoms. The fourth-order valence-corrected chi connectivity index (χ4v) is 15.8. The first-order valence-corrected chi connectivity index (χ1v) is 32.0. The highest BCUT2D eigenvalue weighted by molar-refractivity contribution is 9.11. The van der Waals surface area contributed by atoms with Gasteiger partial charge in [-0.25, -0.2) is 0 Å². The summed E-state index contributed by atoms with van der Waals surface area (Å²) in [6, 6.07) is 53.1. The lowest BCUT2D eigenvalue weighted by atomic mass is 9.76. The minimum atomic E-state index is -0.691. The number of ketones is 1. The van der Waals surface area contributed by atoms with E-state index in [1.807, 2.05) is 48.5 Å². The highest BCUT2D eigenvalue weighted by atomic mass is 79.9. The van der Waals surface area contributed by atoms with Crippen LogP contribution in [0.25, 0.3) is 21.5 Å². The summed E-state index contributed by atoms with van der Waals surface area (Å²) in [5, 5.41) is 29.5. The molecule has 0 aliphatic carbocycles. The summed E-state index contributed by atoms with van der Waals surface area (Å²) < 4.78 is 16.6. The van der Waals surface area contributed by atoms with E-state index in [1.54, 1.807) is 26.4 Å². The maximum atomic E-state index is 15.7. The zero-order valence-electron chi connectivity index (χ0n) is 51.9. The Morgan fingerprint density at radius 3 is 1.29 bits per heavy atom. The monoisotopic (exact) mass is 1330 g/mol. The Kier molecular flexibility index (Phi) is 16.7. The zero-order valence-corrected chi connectivity index (χ0v) is 55.1. The molecule has 0 saturated heterocycles. The molecule has 8 aromatic rings. The third kappa shape index (κ3) is 10.8. The number of carbonyl (C=O) groups excluding carboxylic acids is 1. The highest BCUT2D eigenvalue weighted by Gasteiger charge is 2.51. The summed E-state index contributed by atoms with van der Waals surface area (Å²) >= 11 is 7.09. The van der Waals surface area contributed by atoms with Crippen LogP contribution in [0, 0.1) is 20.2 Å². The van der Waals surface area contributed by atoms with Crippen LogP contribution in [0.1, 0.15) is 74.9 Å². The van der Waals surface area contributed by atoms with Crippen molar-refractivity contribution in [2.24, 2.45) is 0 Å². The van der Waals surface area contributed by atoms with Gasteiger partial charge < -0.3 is 19.3 Å². The zero-order chi connectivity index (χ0) is 63.4. The smallest absolute Gasteiger partial charge is 0.283 e. The van der Waals surface area contributed by atoms with Crippen LogP contribution in [-0.4, -0.2) is 89.8 Å². The Morgan fingerprint density at radius 2 is 0.911 bits per heavy atom. The van der Waals surface area contributed by atoms with Crippen molar-refractivity contribution in [1.82, 2.24) is 0 Å². The number of methoxy groups -OCH3 is 2. The highest BCUT2D eigenvalue weighted by Crippen LogP contribution is 2.55. The van der Waals surface area contributed by atoms with E-state index in [0.717, 1.165) is 100 Å². The van der Waals surface area contributed by atoms with Crippen molar-refractivity contribution >= 4 is 105 Å². The minimum absolute atomic E-state index is 0.00492. The average molecular weight is 1330 g/mol. The number of allylic oxidation sites excluding steroid dienone is 8. The van der Waals surface area contributed by atoms with Crippen LogP contribution < -0.4 is 9.80 Å². The molecule has 13 nitrogen and oxygen atoms in total. The van der Waals surface area contributed by atoms with E-state index in [4.69, 9.17) is 9.47 Å². The lowest BCUT2D eigenvalue weighted by Gasteiger charge is -2.30. The fourth-order valence-electron chi connectivity index (χ4n) is 14.9. The normalized spacial score (nSPS) is 19.8. The van der Waals surface area contributed by atoms with Gasteiger partial charge in [-0.2, -0.15) is 9.15 Å². The predicted octanol–water partition coefficient (Wildman–Crippen LogP) is 16.6. The van der Waals surface area contributed by atoms with Gasteiger partial charge in [-0.1, -0.05) is 121 Å². The molecule has 456 valence electrons. The van der Waals surface area contributed by atoms with E-state index in [1.165, 1.54) is 0 Å². The van der Waals surface area contributed by atoms with Crippen molar-refractivity contribution in [3.63, 3.8) is 0 Å². The Bertz CT molecular complexity index is 4170. The second-order valence-corrected chi connectivity index (χ2v) is 27.1. The number of nitrogens with zero attached hydrogens (tertiary/aromatic N) is 6. The fraction of sp³-hybridized carbons (Fsp3) is 0.267. The van der Waals surface area contributed by atoms with E-state index in [0.29, 0.717) is 48.1 Å². The quantitative estimate of drug-likeness (QED) is 0.0415. The summed E-state index contributed by atoms with van der Waals surface area (Å²) in [7, 11) is 3.36. The number of fused-ring (bicyclic) bond motifs is 8. The van der Waals surface area contributed by atoms with Crippen LogP contribution in [0.15, 0.2) is 215 Å². The molecule has 2 unspecified atom stereocenters. The molecule has 0 aromatic heterocycles. The number of carbonyl (C=O) groups is 1. The molecule has 90 heavy (non-hydrogen) atoms. The summed E-state index contributed by atoms with van der Waals surface area (Å²) in [4.78, 5) is 44.6. The third-order valence-electron chi connectivity index (χ3n) is 19.0. The van der Waals surface area contributed by atoms with E-state index in [-0.39, 0.29) is 40.1 Å². The first kappa shape index (κ1) is 61.8. The van der Waals surface area contributed by atoms with Crippen LogP contribution in [0.5, 0.6) is 0 Å². The molecule has 0 fully saturated rings. The van der Waals surface area contributed by atoms with E-state index >= 15 is 4.79 Å². The van der Waals surface area contributed by atoms with Crippen LogP contribution in [0.3, 0.4) is 0 Å². The summed E-state index contributed by atoms with van der Waals surface area (Å²) in [5.74, 6) is 0.0105. The molecule has 8 aromatic carbocycles. The van der Waals surface area contributed by atoms with Crippen LogP contribution >= 0.6 is 31.9 Å². The molecule has 4 heterocycles. The molecular formula is C75H72Br2N6O7+2. The van der Waals surface area contributed by atoms with Gasteiger partial charge in [-0.3, -0.25) is 25.0 Å². The second-order valence-electron chi connectivity index (χ2n) is 25.3. The second kappa shape index (κ2) is 24.4. The number of anilines is 2. The van der Waals surface area contributed by atoms with Crippen molar-refractivity contribution in [1.29, 1.82) is 0 Å². The number of benzene rings is 8. The first-order valence-electron chi connectivity index (χ1n) is 30.4. The summed E-state index contributed by atoms with van der Waals surface area (Å²) in [5.41, 5.74) is 11.2. The standard InChI is InChI=1S/C75H72Br2N6O7/c1-72(2)66(29-19-31-68-74(5,45-49-21-11-9-12-22-49)56-41-64(82(85)86)58(76)43-62(56)78(68)37-39-89-7)80(60-35-33-51-25-15-17-27-54(51)70(60)72)47-53(84)48-81-61-36-34-52-26-16-18-28-55(52)71(61)73(3,4)67(81)30-20-32-69-75(6,46-50-23-13-10-14-24-50)57-42-65(83(87)88)59(77)44-63(57)79(69)38-40-90-8/h9-36,41-44H,37-40,45-48H2,1-8H3/q+2. The maximum absolute atomic E-state index is 15.7. The summed E-state index contributed by atoms with van der Waals surface area (Å²) in [6.07, 6.45) is 14.0. The van der Waals surface area contributed by atoms with Gasteiger partial charge in [0, 0.05) is 108 Å². The van der Waals surface area contributed by atoms with Gasteiger partial charge >= 0.3 is 0 Å². The molecule has 0 spiro atoms. The van der Waals surface area contributed by atoms with Gasteiger partial charge in [-0.05, 0) is 166 Å². The maximum Gasteiger partial charge on any atom is 0.283 e. The number of halogens is 2. The first-order chi connectivity index (χ1) is 43.2. The average Bonchev–Trinajstić information content (AvgIpc) is 1.60. The number of nitro benzene ring substituents is 2. The van der Waals surface area contributed by atoms with Crippen LogP contribution in [-0.2, 0) is 48.8 Å². The number of hydrogen-bond donors (Lipinski definition) is 0. The van der Waals surface area contributed by atoms with Gasteiger partial charge in [0.05, 0.1) is 42.8 Å². The van der Waals surface area contributed by atoms with Crippen molar-refractivity contribution in [3.8, 4) is 0 Å². The minimum Gasteiger partial charge on any atom is -0.383 e. The Hall–Kier alpha value is -8.47. The van der Waals surface area contributed by atoms with E-state index in [2.05, 4.69) is 226 Å². The van der Waals surface area contributed by atoms with E-state index in [9.17, 15) is 20.2 Å². The summed E-state index contributed by atoms with van der Waals surface area (Å²) in [6.45, 7) is 15.3. The Morgan fingerprint density at radius 1 is 0.533 bits per heavy atom. The molecule has 0 saturated carbocycles. The molecule has 12 rings (SSSR count). The molecule has 0 N–H and O–H groups in total. The number of ether oxygens (including phenoxy) is 2. The van der Waals surface area contributed by atoms with Crippen molar-refractivity contribution in [2.45, 2.75) is 76.0 Å². The van der Waals surface area contributed by atoms with Gasteiger partial charge in [0.2, 0.25) is 24.5 Å². The van der Waals surface area contributed by atoms with Crippen LogP contribution in [0.2, 0.25) is 0 Å². The number of rotatable bonds is 20. The SMILES string of the molecule is COCCN1/C(=C/C=C/C2=[N+](CC(=O)C[N+]3=C(/C=C/C=C4/N(CCOC)c5cc(Br)c([N+](=O)[O-])cc5C4(C)Cc4ccccc4)C(C)(C)c4c3ccc3ccccc43)c3ccc4ccccc4c3C2(C)C)C(C)(Cc2ccccc2)c2cc([N+](=O)[O-])c(Br)cc21. The number of nitro groups is 2. The molecule has 4 aliphatic heterocycles. The van der Waals surface area contributed by atoms with Gasteiger partial charge in [0.25, 0.3) is 17.2 Å². The van der Waals surface area contributed by atoms with Crippen molar-refractivity contribution in [3.05, 3.63) is 268 Å². The van der Waals surface area contributed by atoms with Crippen molar-refractivity contribution in [2.75, 3.05) is 63.4 Å². The predicted molar refractivity (Wildman–Crippen MR) is 368 cm³/mol. The van der Waals surface area contributed by atoms with Gasteiger partial charge in [0.1, 0.15) is 0 Å². The van der Waals surface area contributed by atoms with Gasteiger partial charge in [-0.15, -0.1) is 0 Å². The molecular weight excluding hydrogens is 1260 g/mol. The number of hydrogen-bond acceptors (Lipinski definition) is 9. The third-order valence-corrected chi connectivity index (χ3v) is 20.3. The molecule has 2 atom stereocenters. The molecule has 4 aliphatic rings. The van der Waals surface area contributed by atoms with Crippen LogP contribution in [0.4, 0.5) is 34.1 Å². The Labute approximate surface area is 542 Å². The molecule has 0 amide bonds. The Balaban J connectivity index is 0.982.